The number of esters is 1. The van der Waals surface area contributed by atoms with E-state index in [2.05, 4.69) is 4.90 Å². The molecule has 0 aromatic rings. The van der Waals surface area contributed by atoms with E-state index in [1.807, 2.05) is 0 Å². The predicted molar refractivity (Wildman–Crippen MR) is 74.3 cm³/mol. The second-order valence-electron chi connectivity index (χ2n) is 4.70. The van der Waals surface area contributed by atoms with Crippen LogP contribution in [0.3, 0.4) is 0 Å². The summed E-state index contributed by atoms with van der Waals surface area (Å²) >= 11 is 1.45. The van der Waals surface area contributed by atoms with Crippen molar-refractivity contribution in [1.29, 1.82) is 0 Å². The van der Waals surface area contributed by atoms with Crippen molar-refractivity contribution < 1.29 is 14.3 Å². The zero-order valence-corrected chi connectivity index (χ0v) is 12.2. The summed E-state index contributed by atoms with van der Waals surface area (Å²) in [5.74, 6) is -0.327. The fourth-order valence-electron chi connectivity index (χ4n) is 2.32. The number of likely N-dealkylation sites (N-methyl/N-ethyl adjacent to an activating group) is 1. The molecule has 19 heavy (non-hydrogen) atoms. The molecule has 0 N–H and O–H groups in total. The first-order valence-electron chi connectivity index (χ1n) is 6.70. The van der Waals surface area contributed by atoms with Crippen LogP contribution in [0.4, 0.5) is 0 Å². The van der Waals surface area contributed by atoms with Gasteiger partial charge in [-0.2, -0.15) is 0 Å². The second-order valence-corrected chi connectivity index (χ2v) is 5.80. The molecule has 6 heteroatoms. The first-order valence-corrected chi connectivity index (χ1v) is 7.58. The van der Waals surface area contributed by atoms with Gasteiger partial charge in [0.25, 0.3) is 5.91 Å². The van der Waals surface area contributed by atoms with Gasteiger partial charge in [0, 0.05) is 7.05 Å². The van der Waals surface area contributed by atoms with Crippen LogP contribution in [0.1, 0.15) is 26.2 Å². The zero-order valence-electron chi connectivity index (χ0n) is 11.4. The van der Waals surface area contributed by atoms with Gasteiger partial charge in [-0.25, -0.2) is 4.79 Å². The molecule has 1 atom stereocenters. The van der Waals surface area contributed by atoms with Crippen LogP contribution in [-0.4, -0.2) is 53.8 Å². The van der Waals surface area contributed by atoms with E-state index in [1.165, 1.54) is 24.3 Å². The van der Waals surface area contributed by atoms with E-state index in [0.29, 0.717) is 11.6 Å². The average molecular weight is 284 g/mol. The summed E-state index contributed by atoms with van der Waals surface area (Å²) in [4.78, 5) is 27.5. The van der Waals surface area contributed by atoms with Gasteiger partial charge in [-0.05, 0) is 32.9 Å². The lowest BCUT2D eigenvalue weighted by atomic mass is 10.1. The SMILES string of the molecule is CCOC(=O)C=C1S[C@H](N2CCCCC2)C(=O)N1C. The van der Waals surface area contributed by atoms with Gasteiger partial charge in [0.15, 0.2) is 0 Å². The maximum Gasteiger partial charge on any atom is 0.333 e. The third-order valence-corrected chi connectivity index (χ3v) is 4.71. The maximum absolute atomic E-state index is 12.2. The van der Waals surface area contributed by atoms with E-state index in [0.717, 1.165) is 25.9 Å². The number of hydrogen-bond acceptors (Lipinski definition) is 5. The summed E-state index contributed by atoms with van der Waals surface area (Å²) < 4.78 is 4.89. The van der Waals surface area contributed by atoms with Gasteiger partial charge in [0.1, 0.15) is 5.37 Å². The van der Waals surface area contributed by atoms with E-state index in [9.17, 15) is 9.59 Å². The number of amides is 1. The molecule has 0 aliphatic carbocycles. The summed E-state index contributed by atoms with van der Waals surface area (Å²) in [6.45, 7) is 4.04. The number of nitrogens with zero attached hydrogens (tertiary/aromatic N) is 2. The standard InChI is InChI=1S/C13H20N2O3S/c1-3-18-11(16)9-10-14(2)12(17)13(19-10)15-7-5-4-6-8-15/h9,13H,3-8H2,1-2H3/t13-/m0/s1. The highest BCUT2D eigenvalue weighted by atomic mass is 32.2. The topological polar surface area (TPSA) is 49.9 Å². The molecule has 2 aliphatic rings. The molecule has 0 bridgehead atoms. The van der Waals surface area contributed by atoms with Crippen molar-refractivity contribution in [3.8, 4) is 0 Å². The Balaban J connectivity index is 2.05. The minimum Gasteiger partial charge on any atom is -0.463 e. The number of hydrogen-bond donors (Lipinski definition) is 0. The third-order valence-electron chi connectivity index (χ3n) is 3.36. The van der Waals surface area contributed by atoms with Crippen LogP contribution in [0.2, 0.25) is 0 Å². The van der Waals surface area contributed by atoms with Crippen LogP contribution in [0.5, 0.6) is 0 Å². The van der Waals surface area contributed by atoms with Gasteiger partial charge >= 0.3 is 5.97 Å². The quantitative estimate of drug-likeness (QED) is 0.579. The highest BCUT2D eigenvalue weighted by molar-refractivity contribution is 8.04. The van der Waals surface area contributed by atoms with Gasteiger partial charge in [-0.3, -0.25) is 9.69 Å². The molecular formula is C13H20N2O3S. The van der Waals surface area contributed by atoms with Crippen LogP contribution in [0, 0.1) is 0 Å². The number of carbonyl (C=O) groups is 2. The van der Waals surface area contributed by atoms with Crippen molar-refractivity contribution in [2.24, 2.45) is 0 Å². The van der Waals surface area contributed by atoms with Gasteiger partial charge in [0.2, 0.25) is 0 Å². The fraction of sp³-hybridized carbons (Fsp3) is 0.692. The van der Waals surface area contributed by atoms with E-state index in [4.69, 9.17) is 4.74 Å². The van der Waals surface area contributed by atoms with Crippen LogP contribution in [0.25, 0.3) is 0 Å². The highest BCUT2D eigenvalue weighted by Gasteiger charge is 2.39. The molecule has 2 aliphatic heterocycles. The molecule has 2 saturated heterocycles. The Labute approximate surface area is 117 Å². The lowest BCUT2D eigenvalue weighted by Gasteiger charge is -2.29. The number of thioether (sulfide) groups is 1. The summed E-state index contributed by atoms with van der Waals surface area (Å²) in [7, 11) is 1.71. The van der Waals surface area contributed by atoms with Crippen molar-refractivity contribution in [2.45, 2.75) is 31.6 Å². The largest absolute Gasteiger partial charge is 0.463 e. The molecule has 1 amide bonds. The van der Waals surface area contributed by atoms with Gasteiger partial charge in [-0.15, -0.1) is 0 Å². The molecule has 0 unspecified atom stereocenters. The fourth-order valence-corrected chi connectivity index (χ4v) is 3.58. The third kappa shape index (κ3) is 3.30. The Morgan fingerprint density at radius 3 is 2.74 bits per heavy atom. The molecular weight excluding hydrogens is 264 g/mol. The van der Waals surface area contributed by atoms with Crippen LogP contribution >= 0.6 is 11.8 Å². The molecule has 106 valence electrons. The van der Waals surface area contributed by atoms with Gasteiger partial charge < -0.3 is 9.64 Å². The monoisotopic (exact) mass is 284 g/mol. The number of piperidine rings is 1. The van der Waals surface area contributed by atoms with Crippen molar-refractivity contribution in [1.82, 2.24) is 9.80 Å². The van der Waals surface area contributed by atoms with Crippen LogP contribution < -0.4 is 0 Å². The Bertz CT molecular complexity index is 391. The Kier molecular flexibility index (Phi) is 4.87. The van der Waals surface area contributed by atoms with Crippen molar-refractivity contribution in [3.05, 3.63) is 11.1 Å². The van der Waals surface area contributed by atoms with Gasteiger partial charge in [0.05, 0.1) is 17.7 Å². The molecule has 2 rings (SSSR count). The molecule has 0 aromatic carbocycles. The number of rotatable bonds is 3. The highest BCUT2D eigenvalue weighted by Crippen LogP contribution is 2.36. The minimum atomic E-state index is -0.385. The number of ether oxygens (including phenoxy) is 1. The first kappa shape index (κ1) is 14.4. The molecule has 0 saturated carbocycles. The molecule has 0 spiro atoms. The Hall–Kier alpha value is -1.01. The molecule has 5 nitrogen and oxygen atoms in total. The Morgan fingerprint density at radius 2 is 2.11 bits per heavy atom. The average Bonchev–Trinajstić information content (AvgIpc) is 2.68. The summed E-state index contributed by atoms with van der Waals surface area (Å²) in [6.07, 6.45) is 4.94. The summed E-state index contributed by atoms with van der Waals surface area (Å²) in [5, 5.41) is 0.505. The van der Waals surface area contributed by atoms with Crippen LogP contribution in [-0.2, 0) is 14.3 Å². The maximum atomic E-state index is 12.2. The molecule has 2 fully saturated rings. The first-order chi connectivity index (χ1) is 9.13. The lowest BCUT2D eigenvalue weighted by molar-refractivity contribution is -0.137. The minimum absolute atomic E-state index is 0.0578. The zero-order chi connectivity index (χ0) is 13.8. The predicted octanol–water partition coefficient (Wildman–Crippen LogP) is 1.41. The normalized spacial score (nSPS) is 27.1. The van der Waals surface area contributed by atoms with E-state index in [-0.39, 0.29) is 17.3 Å². The second kappa shape index (κ2) is 6.43. The van der Waals surface area contributed by atoms with Crippen molar-refractivity contribution in [3.63, 3.8) is 0 Å². The van der Waals surface area contributed by atoms with E-state index >= 15 is 0 Å². The van der Waals surface area contributed by atoms with E-state index in [1.54, 1.807) is 18.9 Å². The van der Waals surface area contributed by atoms with Crippen molar-refractivity contribution >= 4 is 23.6 Å². The number of carbonyl (C=O) groups excluding carboxylic acids is 2. The van der Waals surface area contributed by atoms with Crippen LogP contribution in [0.15, 0.2) is 11.1 Å². The molecule has 0 radical (unpaired) electrons. The van der Waals surface area contributed by atoms with E-state index < -0.39 is 0 Å². The van der Waals surface area contributed by atoms with Gasteiger partial charge in [-0.1, -0.05) is 18.2 Å². The molecule has 0 aromatic heterocycles. The smallest absolute Gasteiger partial charge is 0.333 e. The number of likely N-dealkylation sites (tertiary alicyclic amines) is 1. The Morgan fingerprint density at radius 1 is 1.42 bits per heavy atom. The molecule has 2 heterocycles. The lowest BCUT2D eigenvalue weighted by Crippen LogP contribution is -2.42. The summed E-state index contributed by atoms with van der Waals surface area (Å²) in [5.41, 5.74) is 0. The van der Waals surface area contributed by atoms with Crippen molar-refractivity contribution in [2.75, 3.05) is 26.7 Å². The summed E-state index contributed by atoms with van der Waals surface area (Å²) in [6, 6.07) is 0.